The lowest BCUT2D eigenvalue weighted by Gasteiger charge is -2.20. The Balaban J connectivity index is 1.40. The van der Waals surface area contributed by atoms with Crippen molar-refractivity contribution in [3.05, 3.63) is 182 Å². The van der Waals surface area contributed by atoms with Crippen LogP contribution in [0.4, 0.5) is 0 Å². The first-order valence-corrected chi connectivity index (χ1v) is 15.9. The van der Waals surface area contributed by atoms with E-state index in [4.69, 9.17) is 0 Å². The number of hydrogen-bond donors (Lipinski definition) is 0. The summed E-state index contributed by atoms with van der Waals surface area (Å²) in [5, 5.41) is 10.1. The van der Waals surface area contributed by atoms with Crippen molar-refractivity contribution in [3.63, 3.8) is 0 Å². The summed E-state index contributed by atoms with van der Waals surface area (Å²) >= 11 is 0. The fourth-order valence-electron chi connectivity index (χ4n) is 7.33. The second-order valence-electron chi connectivity index (χ2n) is 12.1. The van der Waals surface area contributed by atoms with Crippen LogP contribution in [0, 0.1) is 0 Å². The largest absolute Gasteiger partial charge is 0.0622 e. The summed E-state index contributed by atoms with van der Waals surface area (Å²) in [4.78, 5) is 0. The molecular weight excluding hydrogens is 553 g/mol. The van der Waals surface area contributed by atoms with Gasteiger partial charge in [0.25, 0.3) is 0 Å². The summed E-state index contributed by atoms with van der Waals surface area (Å²) in [7, 11) is 0. The molecule has 0 heterocycles. The monoisotopic (exact) mass is 582 g/mol. The summed E-state index contributed by atoms with van der Waals surface area (Å²) in [6.07, 6.45) is 0. The second-order valence-corrected chi connectivity index (χ2v) is 12.1. The molecule has 0 aliphatic rings. The smallest absolute Gasteiger partial charge is 0.00199 e. The van der Waals surface area contributed by atoms with Crippen molar-refractivity contribution >= 4 is 43.1 Å². The maximum absolute atomic E-state index is 2.44. The summed E-state index contributed by atoms with van der Waals surface area (Å²) in [5.74, 6) is 0. The van der Waals surface area contributed by atoms with Crippen LogP contribution in [0.3, 0.4) is 0 Å². The lowest BCUT2D eigenvalue weighted by atomic mass is 9.83. The maximum Gasteiger partial charge on any atom is -0.00199 e. The SMILES string of the molecule is c1ccc(-c2ccc3cccc(-c4ccc5c(-c6ccccc6)c6ccccc6c(-c6cccc7ccccc67)c5c4)c3c2)cc1. The normalized spacial score (nSPS) is 11.5. The molecule has 0 unspecified atom stereocenters. The number of hydrogen-bond acceptors (Lipinski definition) is 0. The molecule has 9 aromatic rings. The van der Waals surface area contributed by atoms with E-state index in [-0.39, 0.29) is 0 Å². The molecule has 46 heavy (non-hydrogen) atoms. The Hall–Kier alpha value is -5.98. The highest BCUT2D eigenvalue weighted by Crippen LogP contribution is 2.46. The fraction of sp³-hybridized carbons (Fsp3) is 0. The highest BCUT2D eigenvalue weighted by molar-refractivity contribution is 6.24. The molecule has 0 amide bonds. The molecular formula is C46H30. The molecule has 0 saturated heterocycles. The van der Waals surface area contributed by atoms with Crippen LogP contribution in [0.1, 0.15) is 0 Å². The van der Waals surface area contributed by atoms with Crippen LogP contribution in [-0.4, -0.2) is 0 Å². The number of fused-ring (bicyclic) bond motifs is 4. The van der Waals surface area contributed by atoms with E-state index < -0.39 is 0 Å². The van der Waals surface area contributed by atoms with E-state index >= 15 is 0 Å². The van der Waals surface area contributed by atoms with Gasteiger partial charge in [-0.3, -0.25) is 0 Å². The van der Waals surface area contributed by atoms with Gasteiger partial charge in [-0.2, -0.15) is 0 Å². The van der Waals surface area contributed by atoms with Gasteiger partial charge in [0.05, 0.1) is 0 Å². The zero-order valence-electron chi connectivity index (χ0n) is 25.3. The summed E-state index contributed by atoms with van der Waals surface area (Å²) < 4.78 is 0. The van der Waals surface area contributed by atoms with Gasteiger partial charge in [0.2, 0.25) is 0 Å². The third-order valence-corrected chi connectivity index (χ3v) is 9.45. The average Bonchev–Trinajstić information content (AvgIpc) is 3.13. The molecule has 0 radical (unpaired) electrons. The van der Waals surface area contributed by atoms with E-state index in [1.807, 2.05) is 0 Å². The Morgan fingerprint density at radius 1 is 0.217 bits per heavy atom. The molecule has 9 aromatic carbocycles. The minimum Gasteiger partial charge on any atom is -0.0622 e. The number of rotatable bonds is 4. The Morgan fingerprint density at radius 3 is 1.50 bits per heavy atom. The van der Waals surface area contributed by atoms with Crippen LogP contribution in [0.2, 0.25) is 0 Å². The Bertz CT molecular complexity index is 2550. The van der Waals surface area contributed by atoms with Gasteiger partial charge in [0, 0.05) is 0 Å². The Labute approximate surface area is 268 Å². The average molecular weight is 583 g/mol. The van der Waals surface area contributed by atoms with E-state index in [0.29, 0.717) is 0 Å². The molecule has 0 aliphatic heterocycles. The molecule has 214 valence electrons. The van der Waals surface area contributed by atoms with Crippen LogP contribution >= 0.6 is 0 Å². The van der Waals surface area contributed by atoms with E-state index in [0.717, 1.165) is 0 Å². The highest BCUT2D eigenvalue weighted by atomic mass is 14.2. The van der Waals surface area contributed by atoms with Crippen molar-refractivity contribution < 1.29 is 0 Å². The molecule has 0 aromatic heterocycles. The quantitative estimate of drug-likeness (QED) is 0.181. The van der Waals surface area contributed by atoms with E-state index in [1.54, 1.807) is 0 Å². The van der Waals surface area contributed by atoms with Crippen LogP contribution in [-0.2, 0) is 0 Å². The molecule has 0 bridgehead atoms. The van der Waals surface area contributed by atoms with E-state index in [1.165, 1.54) is 87.6 Å². The first-order valence-electron chi connectivity index (χ1n) is 15.9. The molecule has 0 atom stereocenters. The maximum atomic E-state index is 2.44. The molecule has 0 saturated carbocycles. The Kier molecular flexibility index (Phi) is 6.25. The lowest BCUT2D eigenvalue weighted by molar-refractivity contribution is 1.63. The molecule has 0 nitrogen and oxygen atoms in total. The summed E-state index contributed by atoms with van der Waals surface area (Å²) in [6.45, 7) is 0. The van der Waals surface area contributed by atoms with Gasteiger partial charge in [0.15, 0.2) is 0 Å². The molecule has 0 aliphatic carbocycles. The van der Waals surface area contributed by atoms with Crippen molar-refractivity contribution in [2.75, 3.05) is 0 Å². The molecule has 0 N–H and O–H groups in total. The Morgan fingerprint density at radius 2 is 0.739 bits per heavy atom. The summed E-state index contributed by atoms with van der Waals surface area (Å²) in [6, 6.07) is 66.6. The van der Waals surface area contributed by atoms with Crippen molar-refractivity contribution in [1.82, 2.24) is 0 Å². The minimum absolute atomic E-state index is 1.22. The zero-order valence-corrected chi connectivity index (χ0v) is 25.3. The minimum atomic E-state index is 1.22. The van der Waals surface area contributed by atoms with Crippen LogP contribution in [0.15, 0.2) is 182 Å². The lowest BCUT2D eigenvalue weighted by Crippen LogP contribution is -1.92. The van der Waals surface area contributed by atoms with Crippen molar-refractivity contribution in [1.29, 1.82) is 0 Å². The third kappa shape index (κ3) is 4.30. The first kappa shape index (κ1) is 26.4. The van der Waals surface area contributed by atoms with Gasteiger partial charge in [0.1, 0.15) is 0 Å². The van der Waals surface area contributed by atoms with Crippen LogP contribution in [0.25, 0.3) is 87.6 Å². The fourth-order valence-corrected chi connectivity index (χ4v) is 7.33. The van der Waals surface area contributed by atoms with Gasteiger partial charge in [-0.05, 0) is 99.7 Å². The van der Waals surface area contributed by atoms with Gasteiger partial charge in [-0.15, -0.1) is 0 Å². The van der Waals surface area contributed by atoms with Crippen molar-refractivity contribution in [2.24, 2.45) is 0 Å². The zero-order chi connectivity index (χ0) is 30.5. The van der Waals surface area contributed by atoms with Crippen molar-refractivity contribution in [2.45, 2.75) is 0 Å². The second kappa shape index (κ2) is 10.9. The number of benzene rings is 9. The van der Waals surface area contributed by atoms with Gasteiger partial charge in [-0.25, -0.2) is 0 Å². The predicted molar refractivity (Wildman–Crippen MR) is 198 cm³/mol. The van der Waals surface area contributed by atoms with Gasteiger partial charge < -0.3 is 0 Å². The highest BCUT2D eigenvalue weighted by Gasteiger charge is 2.19. The van der Waals surface area contributed by atoms with Gasteiger partial charge in [-0.1, -0.05) is 170 Å². The first-order chi connectivity index (χ1) is 22.8. The van der Waals surface area contributed by atoms with Crippen LogP contribution < -0.4 is 0 Å². The molecule has 0 spiro atoms. The van der Waals surface area contributed by atoms with Crippen molar-refractivity contribution in [3.8, 4) is 44.5 Å². The molecule has 9 rings (SSSR count). The predicted octanol–water partition coefficient (Wildman–Crippen LogP) is 13.0. The topological polar surface area (TPSA) is 0 Å². The van der Waals surface area contributed by atoms with E-state index in [2.05, 4.69) is 182 Å². The van der Waals surface area contributed by atoms with Crippen LogP contribution in [0.5, 0.6) is 0 Å². The summed E-state index contributed by atoms with van der Waals surface area (Å²) in [5.41, 5.74) is 10.00. The molecule has 0 heteroatoms. The van der Waals surface area contributed by atoms with E-state index in [9.17, 15) is 0 Å². The molecule has 0 fully saturated rings. The standard InChI is InChI=1S/C46H30/c1-3-13-31(14-4-1)35-26-25-33-19-11-23-38(43(33)29-35)36-27-28-42-44(30-36)46(39-24-12-18-32-15-7-8-20-37(32)39)41-22-10-9-21-40(41)45(42)34-16-5-2-6-17-34/h1-30H. The third-order valence-electron chi connectivity index (χ3n) is 9.45. The van der Waals surface area contributed by atoms with Gasteiger partial charge >= 0.3 is 0 Å².